The van der Waals surface area contributed by atoms with E-state index in [1.807, 2.05) is 6.92 Å². The second kappa shape index (κ2) is 13.5. The molecule has 0 spiro atoms. The summed E-state index contributed by atoms with van der Waals surface area (Å²) in [6.07, 6.45) is 1.33. The molecule has 0 saturated carbocycles. The molecule has 4 aromatic rings. The van der Waals surface area contributed by atoms with Crippen LogP contribution in [0.15, 0.2) is 83.8 Å². The van der Waals surface area contributed by atoms with Gasteiger partial charge < -0.3 is 15.2 Å². The Morgan fingerprint density at radius 1 is 0.952 bits per heavy atom. The molecule has 0 aromatic heterocycles. The van der Waals surface area contributed by atoms with Crippen molar-refractivity contribution < 1.29 is 27.9 Å². The molecule has 220 valence electrons. The Kier molecular flexibility index (Phi) is 9.98. The standard InChI is InChI=1S/C31H30Cl2N2O6S/c1-3-4-10-29(31(37)38)35(42(39,40)24-18-21(32)17-22(33)19-24)28-11-6-7-25-26(28)8-5-9-27(25)34-30(36)16-20-12-14-23(41-2)15-13-20/h5-9,11-15,17-19,29H,3-4,10,16H2,1-2H3,(H,34,36)(H,37,38). The van der Waals surface area contributed by atoms with Crippen molar-refractivity contribution in [3.8, 4) is 5.75 Å². The highest BCUT2D eigenvalue weighted by Crippen LogP contribution is 2.37. The molecule has 42 heavy (non-hydrogen) atoms. The summed E-state index contributed by atoms with van der Waals surface area (Å²) in [5.74, 6) is -0.887. The molecule has 11 heteroatoms. The molecule has 1 amide bonds. The monoisotopic (exact) mass is 628 g/mol. The van der Waals surface area contributed by atoms with Crippen LogP contribution >= 0.6 is 23.2 Å². The summed E-state index contributed by atoms with van der Waals surface area (Å²) < 4.78 is 34.4. The molecule has 0 aliphatic rings. The molecule has 4 aromatic carbocycles. The molecule has 4 rings (SSSR count). The molecule has 0 aliphatic carbocycles. The Bertz CT molecular complexity index is 1690. The van der Waals surface area contributed by atoms with Crippen LogP contribution in [-0.4, -0.2) is 38.6 Å². The van der Waals surface area contributed by atoms with Gasteiger partial charge >= 0.3 is 5.97 Å². The van der Waals surface area contributed by atoms with Crippen LogP contribution in [0.1, 0.15) is 31.7 Å². The third-order valence-electron chi connectivity index (χ3n) is 6.73. The molecule has 0 radical (unpaired) electrons. The number of carboxylic acids is 1. The Morgan fingerprint density at radius 2 is 1.60 bits per heavy atom. The van der Waals surface area contributed by atoms with Crippen LogP contribution < -0.4 is 14.4 Å². The molecule has 2 N–H and O–H groups in total. The smallest absolute Gasteiger partial charge is 0.327 e. The van der Waals surface area contributed by atoms with Crippen LogP contribution in [0.4, 0.5) is 11.4 Å². The minimum atomic E-state index is -4.46. The maximum atomic E-state index is 14.2. The number of sulfonamides is 1. The van der Waals surface area contributed by atoms with Crippen LogP contribution in [0.25, 0.3) is 10.8 Å². The van der Waals surface area contributed by atoms with Gasteiger partial charge in [-0.1, -0.05) is 79.4 Å². The van der Waals surface area contributed by atoms with Crippen molar-refractivity contribution >= 4 is 67.2 Å². The third-order valence-corrected chi connectivity index (χ3v) is 8.96. The first-order chi connectivity index (χ1) is 20.0. The van der Waals surface area contributed by atoms with Gasteiger partial charge in [0.2, 0.25) is 5.91 Å². The highest BCUT2D eigenvalue weighted by molar-refractivity contribution is 7.93. The summed E-state index contributed by atoms with van der Waals surface area (Å²) in [5.41, 5.74) is 1.39. The van der Waals surface area contributed by atoms with E-state index in [4.69, 9.17) is 27.9 Å². The summed E-state index contributed by atoms with van der Waals surface area (Å²) in [6, 6.07) is 19.6. The fraction of sp³-hybridized carbons (Fsp3) is 0.226. The van der Waals surface area contributed by atoms with Crippen molar-refractivity contribution in [3.05, 3.63) is 94.5 Å². The average molecular weight is 630 g/mol. The van der Waals surface area contributed by atoms with Crippen molar-refractivity contribution in [2.75, 3.05) is 16.7 Å². The summed E-state index contributed by atoms with van der Waals surface area (Å²) in [6.45, 7) is 1.90. The van der Waals surface area contributed by atoms with E-state index >= 15 is 0 Å². The van der Waals surface area contributed by atoms with Gasteiger partial charge in [0.05, 0.1) is 24.1 Å². The van der Waals surface area contributed by atoms with Crippen LogP contribution in [0, 0.1) is 0 Å². The molecule has 0 aliphatic heterocycles. The van der Waals surface area contributed by atoms with Crippen LogP contribution in [0.5, 0.6) is 5.75 Å². The second-order valence-electron chi connectivity index (χ2n) is 9.65. The number of fused-ring (bicyclic) bond motifs is 1. The fourth-order valence-corrected chi connectivity index (χ4v) is 7.10. The molecule has 1 atom stereocenters. The van der Waals surface area contributed by atoms with E-state index in [0.717, 1.165) is 9.87 Å². The summed E-state index contributed by atoms with van der Waals surface area (Å²) >= 11 is 12.3. The Labute approximate surface area is 254 Å². The lowest BCUT2D eigenvalue weighted by molar-refractivity contribution is -0.138. The number of methoxy groups -OCH3 is 1. The number of halogens is 2. The van der Waals surface area contributed by atoms with Crippen molar-refractivity contribution in [2.24, 2.45) is 0 Å². The van der Waals surface area contributed by atoms with Gasteiger partial charge in [-0.05, 0) is 54.4 Å². The average Bonchev–Trinajstić information content (AvgIpc) is 2.95. The first-order valence-electron chi connectivity index (χ1n) is 13.2. The van der Waals surface area contributed by atoms with E-state index in [-0.39, 0.29) is 39.4 Å². The van der Waals surface area contributed by atoms with E-state index in [2.05, 4.69) is 5.32 Å². The Hall–Kier alpha value is -3.79. The number of hydrogen-bond donors (Lipinski definition) is 2. The number of carbonyl (C=O) groups excluding carboxylic acids is 1. The summed E-state index contributed by atoms with van der Waals surface area (Å²) in [5, 5.41) is 14.3. The molecule has 0 fully saturated rings. The quantitative estimate of drug-likeness (QED) is 0.172. The van der Waals surface area contributed by atoms with Crippen molar-refractivity contribution in [3.63, 3.8) is 0 Å². The summed E-state index contributed by atoms with van der Waals surface area (Å²) in [7, 11) is -2.90. The number of benzene rings is 4. The van der Waals surface area contributed by atoms with E-state index in [9.17, 15) is 23.1 Å². The largest absolute Gasteiger partial charge is 0.497 e. The highest BCUT2D eigenvalue weighted by atomic mass is 35.5. The molecule has 0 heterocycles. The van der Waals surface area contributed by atoms with Gasteiger partial charge in [-0.15, -0.1) is 0 Å². The van der Waals surface area contributed by atoms with Gasteiger partial charge in [0.15, 0.2) is 0 Å². The number of nitrogens with zero attached hydrogens (tertiary/aromatic N) is 1. The van der Waals surface area contributed by atoms with Crippen molar-refractivity contribution in [1.29, 1.82) is 0 Å². The predicted octanol–water partition coefficient (Wildman–Crippen LogP) is 7.18. The number of carboxylic acid groups (broad SMARTS) is 1. The van der Waals surface area contributed by atoms with Gasteiger partial charge in [0.1, 0.15) is 11.8 Å². The zero-order valence-corrected chi connectivity index (χ0v) is 25.3. The molecule has 8 nitrogen and oxygen atoms in total. The fourth-order valence-electron chi connectivity index (χ4n) is 4.71. The SMILES string of the molecule is CCCCC(C(=O)O)N(c1cccc2c(NC(=O)Cc3ccc(OC)cc3)cccc12)S(=O)(=O)c1cc(Cl)cc(Cl)c1. The van der Waals surface area contributed by atoms with Gasteiger partial charge in [-0.3, -0.25) is 9.10 Å². The lowest BCUT2D eigenvalue weighted by Gasteiger charge is -2.31. The van der Waals surface area contributed by atoms with E-state index in [1.165, 1.54) is 18.2 Å². The lowest BCUT2D eigenvalue weighted by atomic mass is 10.0. The van der Waals surface area contributed by atoms with Gasteiger partial charge in [-0.2, -0.15) is 0 Å². The number of carbonyl (C=O) groups is 2. The number of ether oxygens (including phenoxy) is 1. The van der Waals surface area contributed by atoms with Crippen molar-refractivity contribution in [1.82, 2.24) is 0 Å². The molecular weight excluding hydrogens is 599 g/mol. The maximum Gasteiger partial charge on any atom is 0.327 e. The molecular formula is C31H30Cl2N2O6S. The van der Waals surface area contributed by atoms with E-state index in [1.54, 1.807) is 67.8 Å². The van der Waals surface area contributed by atoms with Crippen LogP contribution in [-0.2, 0) is 26.0 Å². The number of amides is 1. The second-order valence-corrected chi connectivity index (χ2v) is 12.3. The van der Waals surface area contributed by atoms with Crippen LogP contribution in [0.2, 0.25) is 10.0 Å². The van der Waals surface area contributed by atoms with Crippen molar-refractivity contribution in [2.45, 2.75) is 43.5 Å². The Morgan fingerprint density at radius 3 is 2.21 bits per heavy atom. The van der Waals surface area contributed by atoms with Gasteiger partial charge in [-0.25, -0.2) is 13.2 Å². The number of nitrogens with one attached hydrogen (secondary N) is 1. The number of aliphatic carboxylic acids is 1. The molecule has 1 unspecified atom stereocenters. The first-order valence-corrected chi connectivity index (χ1v) is 15.4. The Balaban J connectivity index is 1.81. The third kappa shape index (κ3) is 6.98. The van der Waals surface area contributed by atoms with Gasteiger partial charge in [0.25, 0.3) is 10.0 Å². The highest BCUT2D eigenvalue weighted by Gasteiger charge is 2.37. The normalized spacial score (nSPS) is 12.1. The van der Waals surface area contributed by atoms with Crippen LogP contribution in [0.3, 0.4) is 0 Å². The number of rotatable bonds is 12. The zero-order chi connectivity index (χ0) is 30.4. The van der Waals surface area contributed by atoms with E-state index in [0.29, 0.717) is 35.1 Å². The number of anilines is 2. The predicted molar refractivity (Wildman–Crippen MR) is 166 cm³/mol. The van der Waals surface area contributed by atoms with Gasteiger partial charge in [0, 0.05) is 26.5 Å². The molecule has 0 bridgehead atoms. The topological polar surface area (TPSA) is 113 Å². The van der Waals surface area contributed by atoms with E-state index < -0.39 is 22.0 Å². The molecule has 0 saturated heterocycles. The first kappa shape index (κ1) is 31.2. The number of unbranched alkanes of at least 4 members (excludes halogenated alkanes) is 1. The summed E-state index contributed by atoms with van der Waals surface area (Å²) in [4.78, 5) is 25.3. The lowest BCUT2D eigenvalue weighted by Crippen LogP contribution is -2.45. The minimum Gasteiger partial charge on any atom is -0.497 e. The zero-order valence-electron chi connectivity index (χ0n) is 23.0. The minimum absolute atomic E-state index is 0.0774. The maximum absolute atomic E-state index is 14.2. The number of hydrogen-bond acceptors (Lipinski definition) is 5.